The number of carboxylic acid groups (broad SMARTS) is 1. The first kappa shape index (κ1) is 12.6. The maximum Gasteiger partial charge on any atom is 0.347 e. The third-order valence-electron chi connectivity index (χ3n) is 3.05. The molecule has 100 valence electrons. The Morgan fingerprint density at radius 2 is 1.95 bits per heavy atom. The molecule has 0 fully saturated rings. The Kier molecular flexibility index (Phi) is 3.12. The largest absolute Gasteiger partial charge is 0.496 e. The molecule has 0 spiro atoms. The van der Waals surface area contributed by atoms with Gasteiger partial charge in [-0.05, 0) is 17.5 Å². The Morgan fingerprint density at radius 1 is 1.20 bits per heavy atom. The van der Waals surface area contributed by atoms with Gasteiger partial charge < -0.3 is 9.84 Å². The zero-order valence-electron chi connectivity index (χ0n) is 10.7. The van der Waals surface area contributed by atoms with Crippen molar-refractivity contribution in [1.29, 1.82) is 0 Å². The number of aromatic nitrogens is 1. The summed E-state index contributed by atoms with van der Waals surface area (Å²) in [4.78, 5) is 15.4. The Hall–Kier alpha value is -2.40. The minimum absolute atomic E-state index is 0.236. The van der Waals surface area contributed by atoms with Gasteiger partial charge in [0.05, 0.1) is 13.3 Å². The highest BCUT2D eigenvalue weighted by molar-refractivity contribution is 7.16. The Morgan fingerprint density at radius 3 is 2.60 bits per heavy atom. The van der Waals surface area contributed by atoms with Crippen LogP contribution in [0.1, 0.15) is 9.67 Å². The van der Waals surface area contributed by atoms with Gasteiger partial charge in [0.1, 0.15) is 15.6 Å². The third kappa shape index (κ3) is 2.02. The van der Waals surface area contributed by atoms with E-state index in [2.05, 4.69) is 4.98 Å². The predicted molar refractivity (Wildman–Crippen MR) is 78.6 cm³/mol. The molecule has 4 nitrogen and oxygen atoms in total. The van der Waals surface area contributed by atoms with E-state index < -0.39 is 5.97 Å². The molecule has 0 bridgehead atoms. The number of rotatable bonds is 3. The minimum atomic E-state index is -0.952. The highest BCUT2D eigenvalue weighted by Crippen LogP contribution is 2.35. The van der Waals surface area contributed by atoms with Crippen molar-refractivity contribution in [2.75, 3.05) is 7.11 Å². The van der Waals surface area contributed by atoms with Gasteiger partial charge in [-0.1, -0.05) is 24.3 Å². The summed E-state index contributed by atoms with van der Waals surface area (Å²) in [5.41, 5.74) is 0.916. The van der Waals surface area contributed by atoms with Crippen molar-refractivity contribution in [3.8, 4) is 16.3 Å². The van der Waals surface area contributed by atoms with Crippen LogP contribution in [0.3, 0.4) is 0 Å². The Labute approximate surface area is 119 Å². The lowest BCUT2D eigenvalue weighted by molar-refractivity contribution is 0.0702. The van der Waals surface area contributed by atoms with Crippen LogP contribution in [0, 0.1) is 0 Å². The summed E-state index contributed by atoms with van der Waals surface area (Å²) < 4.78 is 5.35. The van der Waals surface area contributed by atoms with Crippen LogP contribution in [0.2, 0.25) is 0 Å². The molecular weight excluding hydrogens is 274 g/mol. The van der Waals surface area contributed by atoms with E-state index in [1.807, 2.05) is 36.4 Å². The van der Waals surface area contributed by atoms with E-state index in [0.717, 1.165) is 22.1 Å². The fourth-order valence-corrected chi connectivity index (χ4v) is 2.93. The van der Waals surface area contributed by atoms with E-state index in [9.17, 15) is 4.79 Å². The van der Waals surface area contributed by atoms with Crippen molar-refractivity contribution in [3.05, 3.63) is 47.5 Å². The fraction of sp³-hybridized carbons (Fsp3) is 0.0667. The molecular formula is C15H11NO3S. The minimum Gasteiger partial charge on any atom is -0.496 e. The lowest BCUT2D eigenvalue weighted by atomic mass is 10.0. The van der Waals surface area contributed by atoms with Crippen LogP contribution in [0.4, 0.5) is 0 Å². The van der Waals surface area contributed by atoms with Gasteiger partial charge in [-0.15, -0.1) is 11.3 Å². The molecule has 0 saturated carbocycles. The van der Waals surface area contributed by atoms with Gasteiger partial charge in [0.25, 0.3) is 0 Å². The second-order valence-corrected chi connectivity index (χ2v) is 5.23. The molecule has 0 amide bonds. The molecule has 5 heteroatoms. The number of hydrogen-bond donors (Lipinski definition) is 1. The molecule has 0 aliphatic carbocycles. The summed E-state index contributed by atoms with van der Waals surface area (Å²) in [5, 5.41) is 11.7. The van der Waals surface area contributed by atoms with E-state index in [-0.39, 0.29) is 4.88 Å². The second-order valence-electron chi connectivity index (χ2n) is 4.20. The molecule has 0 saturated heterocycles. The van der Waals surface area contributed by atoms with Crippen molar-refractivity contribution in [2.45, 2.75) is 0 Å². The van der Waals surface area contributed by atoms with Gasteiger partial charge in [-0.25, -0.2) is 9.78 Å². The normalized spacial score (nSPS) is 10.7. The van der Waals surface area contributed by atoms with Gasteiger partial charge in [0, 0.05) is 10.9 Å². The quantitative estimate of drug-likeness (QED) is 0.797. The third-order valence-corrected chi connectivity index (χ3v) is 4.07. The summed E-state index contributed by atoms with van der Waals surface area (Å²) in [6.45, 7) is 0. The average molecular weight is 285 g/mol. The summed E-state index contributed by atoms with van der Waals surface area (Å²) in [6, 6.07) is 11.6. The number of thiazole rings is 1. The molecule has 2 aromatic carbocycles. The van der Waals surface area contributed by atoms with Crippen LogP contribution < -0.4 is 4.74 Å². The van der Waals surface area contributed by atoms with E-state index in [0.29, 0.717) is 5.01 Å². The highest BCUT2D eigenvalue weighted by atomic mass is 32.1. The van der Waals surface area contributed by atoms with Crippen molar-refractivity contribution in [1.82, 2.24) is 4.98 Å². The number of benzene rings is 2. The Bertz CT molecular complexity index is 795. The summed E-state index contributed by atoms with van der Waals surface area (Å²) in [5.74, 6) is -0.161. The number of aromatic carboxylic acids is 1. The number of methoxy groups -OCH3 is 1. The Balaban J connectivity index is 2.23. The molecule has 1 heterocycles. The lowest BCUT2D eigenvalue weighted by Gasteiger charge is -2.08. The maximum absolute atomic E-state index is 11.0. The molecule has 0 atom stereocenters. The number of hydrogen-bond acceptors (Lipinski definition) is 4. The molecule has 1 aromatic heterocycles. The van der Waals surface area contributed by atoms with Gasteiger partial charge in [-0.2, -0.15) is 0 Å². The van der Waals surface area contributed by atoms with Crippen LogP contribution in [0.5, 0.6) is 5.75 Å². The molecule has 0 radical (unpaired) electrons. The molecule has 0 aliphatic heterocycles. The van der Waals surface area contributed by atoms with E-state index in [1.54, 1.807) is 7.11 Å². The van der Waals surface area contributed by atoms with Crippen LogP contribution in [-0.2, 0) is 0 Å². The van der Waals surface area contributed by atoms with Crippen LogP contribution in [-0.4, -0.2) is 23.2 Å². The number of nitrogens with zero attached hydrogens (tertiary/aromatic N) is 1. The number of carboxylic acids is 1. The van der Waals surface area contributed by atoms with Crippen molar-refractivity contribution < 1.29 is 14.6 Å². The molecule has 1 N–H and O–H groups in total. The van der Waals surface area contributed by atoms with E-state index in [4.69, 9.17) is 9.84 Å². The number of ether oxygens (including phenoxy) is 1. The average Bonchev–Trinajstić information content (AvgIpc) is 2.96. The van der Waals surface area contributed by atoms with Crippen LogP contribution in [0.25, 0.3) is 21.3 Å². The smallest absolute Gasteiger partial charge is 0.347 e. The summed E-state index contributed by atoms with van der Waals surface area (Å²) in [6.07, 6.45) is 1.39. The van der Waals surface area contributed by atoms with Gasteiger partial charge >= 0.3 is 5.97 Å². The molecule has 0 aliphatic rings. The van der Waals surface area contributed by atoms with Crippen molar-refractivity contribution in [3.63, 3.8) is 0 Å². The standard InChI is InChI=1S/C15H11NO3S/c1-19-12-7-6-11(9-4-2-3-5-10(9)12)14-16-8-13(20-14)15(17)18/h2-8H,1H3,(H,17,18). The molecule has 20 heavy (non-hydrogen) atoms. The second kappa shape index (κ2) is 4.94. The molecule has 3 aromatic rings. The monoisotopic (exact) mass is 285 g/mol. The van der Waals surface area contributed by atoms with Crippen molar-refractivity contribution in [2.24, 2.45) is 0 Å². The van der Waals surface area contributed by atoms with Crippen LogP contribution in [0.15, 0.2) is 42.6 Å². The SMILES string of the molecule is COc1ccc(-c2ncc(C(=O)O)s2)c2ccccc12. The van der Waals surface area contributed by atoms with Gasteiger partial charge in [-0.3, -0.25) is 0 Å². The first-order chi connectivity index (χ1) is 9.70. The van der Waals surface area contributed by atoms with Gasteiger partial charge in [0.15, 0.2) is 0 Å². The molecule has 3 rings (SSSR count). The lowest BCUT2D eigenvalue weighted by Crippen LogP contribution is -1.89. The fourth-order valence-electron chi connectivity index (χ4n) is 2.13. The van der Waals surface area contributed by atoms with Crippen LogP contribution >= 0.6 is 11.3 Å². The van der Waals surface area contributed by atoms with Gasteiger partial charge in [0.2, 0.25) is 0 Å². The zero-order valence-corrected chi connectivity index (χ0v) is 11.5. The topological polar surface area (TPSA) is 59.4 Å². The number of fused-ring (bicyclic) bond motifs is 1. The van der Waals surface area contributed by atoms with E-state index in [1.165, 1.54) is 17.5 Å². The van der Waals surface area contributed by atoms with E-state index >= 15 is 0 Å². The van der Waals surface area contributed by atoms with Crippen molar-refractivity contribution >= 4 is 28.1 Å². The first-order valence-corrected chi connectivity index (χ1v) is 6.77. The summed E-state index contributed by atoms with van der Waals surface area (Å²) in [7, 11) is 1.63. The first-order valence-electron chi connectivity index (χ1n) is 5.96. The maximum atomic E-state index is 11.0. The predicted octanol–water partition coefficient (Wildman–Crippen LogP) is 3.67. The molecule has 0 unspecified atom stereocenters. The number of carbonyl (C=O) groups is 1. The highest BCUT2D eigenvalue weighted by Gasteiger charge is 2.13. The zero-order chi connectivity index (χ0) is 14.1. The summed E-state index contributed by atoms with van der Waals surface area (Å²) >= 11 is 1.17.